The maximum absolute atomic E-state index is 11.0. The third kappa shape index (κ3) is 7.06. The standard InChI is InChI=1S/C9H12NO5P.C2H6/c1-14-8-4-2-7(3-5-8)6-15-9(11)10-16(12)13;1-2/h2-5,12-13H,6H2,1H3,(H,10,11);1-2H3/p+2. The van der Waals surface area contributed by atoms with Crippen molar-refractivity contribution in [2.75, 3.05) is 7.11 Å². The first-order valence-corrected chi connectivity index (χ1v) is 6.75. The highest BCUT2D eigenvalue weighted by Gasteiger charge is 2.19. The summed E-state index contributed by atoms with van der Waals surface area (Å²) in [5, 5.41) is 2.05. The van der Waals surface area contributed by atoms with Gasteiger partial charge in [0.25, 0.3) is 0 Å². The third-order valence-corrected chi connectivity index (χ3v) is 2.14. The molecule has 0 saturated carbocycles. The monoisotopic (exact) mass is 277 g/mol. The Balaban J connectivity index is 0.00000137. The summed E-state index contributed by atoms with van der Waals surface area (Å²) in [6.07, 6.45) is -0.744. The Morgan fingerprint density at radius 2 is 1.83 bits per heavy atom. The summed E-state index contributed by atoms with van der Waals surface area (Å²) in [4.78, 5) is 24.7. The SMILES string of the molecule is CC.COc1ccc(COC(=O)NP([OH2+])[OH2+])cc1. The van der Waals surface area contributed by atoms with Crippen molar-refractivity contribution in [1.82, 2.24) is 5.09 Å². The molecule has 1 amide bonds. The fraction of sp³-hybridized carbons (Fsp3) is 0.364. The van der Waals surface area contributed by atoms with Gasteiger partial charge in [-0.15, -0.1) is 0 Å². The molecule has 0 aromatic heterocycles. The summed E-state index contributed by atoms with van der Waals surface area (Å²) in [7, 11) is -0.399. The van der Waals surface area contributed by atoms with Crippen molar-refractivity contribution in [1.29, 1.82) is 0 Å². The lowest BCUT2D eigenvalue weighted by Gasteiger charge is -2.04. The number of carbonyl (C=O) groups excluding carboxylic acids is 1. The summed E-state index contributed by atoms with van der Waals surface area (Å²) in [5.74, 6) is 0.731. The molecule has 0 spiro atoms. The van der Waals surface area contributed by atoms with E-state index in [1.54, 1.807) is 31.4 Å². The lowest BCUT2D eigenvalue weighted by atomic mass is 10.2. The molecular formula is C11H20NO5P+2. The molecule has 0 radical (unpaired) electrons. The average molecular weight is 277 g/mol. The Labute approximate surface area is 108 Å². The van der Waals surface area contributed by atoms with E-state index in [0.717, 1.165) is 11.3 Å². The number of carbonyl (C=O) groups is 1. The van der Waals surface area contributed by atoms with Crippen LogP contribution in [0, 0.1) is 0 Å². The van der Waals surface area contributed by atoms with E-state index in [-0.39, 0.29) is 6.61 Å². The van der Waals surface area contributed by atoms with Gasteiger partial charge in [0.15, 0.2) is 0 Å². The summed E-state index contributed by atoms with van der Waals surface area (Å²) >= 11 is 0. The molecule has 5 N–H and O–H groups in total. The predicted octanol–water partition coefficient (Wildman–Crippen LogP) is 1.62. The molecule has 0 aliphatic carbocycles. The van der Waals surface area contributed by atoms with Crippen LogP contribution in [0.1, 0.15) is 19.4 Å². The molecule has 102 valence electrons. The molecule has 0 fully saturated rings. The van der Waals surface area contributed by atoms with Gasteiger partial charge in [0.1, 0.15) is 12.4 Å². The molecule has 18 heavy (non-hydrogen) atoms. The van der Waals surface area contributed by atoms with Gasteiger partial charge in [-0.25, -0.2) is 4.79 Å². The van der Waals surface area contributed by atoms with Crippen LogP contribution in [-0.2, 0) is 11.3 Å². The minimum atomic E-state index is -1.97. The van der Waals surface area contributed by atoms with Crippen LogP contribution in [0.5, 0.6) is 5.75 Å². The predicted molar refractivity (Wildman–Crippen MR) is 71.8 cm³/mol. The van der Waals surface area contributed by atoms with E-state index in [1.807, 2.05) is 18.9 Å². The van der Waals surface area contributed by atoms with Crippen LogP contribution >= 0.6 is 8.53 Å². The highest BCUT2D eigenvalue weighted by atomic mass is 31.2. The van der Waals surface area contributed by atoms with Crippen LogP contribution in [-0.4, -0.2) is 23.0 Å². The van der Waals surface area contributed by atoms with Crippen LogP contribution in [0.2, 0.25) is 0 Å². The van der Waals surface area contributed by atoms with E-state index in [2.05, 4.69) is 0 Å². The number of hydrogen-bond donors (Lipinski definition) is 1. The van der Waals surface area contributed by atoms with E-state index in [1.165, 1.54) is 0 Å². The van der Waals surface area contributed by atoms with Gasteiger partial charge in [0, 0.05) is 0 Å². The van der Waals surface area contributed by atoms with Crippen molar-refractivity contribution in [3.8, 4) is 5.75 Å². The molecule has 0 aliphatic rings. The number of rotatable bonds is 4. The highest BCUT2D eigenvalue weighted by Crippen LogP contribution is 2.16. The number of benzene rings is 1. The molecule has 0 atom stereocenters. The van der Waals surface area contributed by atoms with E-state index in [9.17, 15) is 4.79 Å². The number of amides is 1. The Hall–Kier alpha value is -1.36. The normalized spacial score (nSPS) is 9.22. The molecule has 0 aliphatic heterocycles. The Morgan fingerprint density at radius 1 is 1.28 bits per heavy atom. The smallest absolute Gasteiger partial charge is 0.497 e. The maximum Gasteiger partial charge on any atom is 0.678 e. The third-order valence-electron chi connectivity index (χ3n) is 1.73. The van der Waals surface area contributed by atoms with E-state index < -0.39 is 14.6 Å². The first-order valence-electron chi connectivity index (χ1n) is 5.41. The Morgan fingerprint density at radius 3 is 2.28 bits per heavy atom. The minimum Gasteiger partial charge on any atom is -0.497 e. The summed E-state index contributed by atoms with van der Waals surface area (Å²) in [6.45, 7) is 4.11. The molecular weight excluding hydrogens is 257 g/mol. The lowest BCUT2D eigenvalue weighted by Crippen LogP contribution is -2.18. The van der Waals surface area contributed by atoms with Gasteiger partial charge in [0.2, 0.25) is 0 Å². The number of methoxy groups -OCH3 is 1. The first-order chi connectivity index (χ1) is 8.61. The van der Waals surface area contributed by atoms with Crippen LogP contribution in [0.15, 0.2) is 24.3 Å². The minimum absolute atomic E-state index is 0.110. The fourth-order valence-corrected chi connectivity index (χ4v) is 1.24. The topological polar surface area (TPSA) is 93.4 Å². The van der Waals surface area contributed by atoms with Crippen molar-refractivity contribution in [3.63, 3.8) is 0 Å². The van der Waals surface area contributed by atoms with Crippen molar-refractivity contribution < 1.29 is 24.1 Å². The van der Waals surface area contributed by atoms with Crippen LogP contribution in [0.3, 0.4) is 0 Å². The molecule has 0 saturated heterocycles. The van der Waals surface area contributed by atoms with Gasteiger partial charge >= 0.3 is 14.6 Å². The number of hydrogen-bond acceptors (Lipinski definition) is 3. The van der Waals surface area contributed by atoms with Crippen LogP contribution < -0.4 is 9.82 Å². The van der Waals surface area contributed by atoms with Crippen LogP contribution in [0.4, 0.5) is 4.79 Å². The van der Waals surface area contributed by atoms with Gasteiger partial charge in [0.05, 0.1) is 7.11 Å². The molecule has 0 bridgehead atoms. The zero-order valence-corrected chi connectivity index (χ0v) is 11.6. The second-order valence-corrected chi connectivity index (χ2v) is 3.77. The van der Waals surface area contributed by atoms with Gasteiger partial charge < -0.3 is 19.3 Å². The number of ether oxygens (including phenoxy) is 2. The molecule has 0 heterocycles. The number of nitrogens with one attached hydrogen (secondary N) is 1. The summed E-state index contributed by atoms with van der Waals surface area (Å²) in [6, 6.07) is 7.07. The molecule has 7 heteroatoms. The van der Waals surface area contributed by atoms with Gasteiger partial charge in [-0.1, -0.05) is 26.0 Å². The van der Waals surface area contributed by atoms with Gasteiger partial charge in [-0.05, 0) is 17.7 Å². The van der Waals surface area contributed by atoms with E-state index >= 15 is 0 Å². The second kappa shape index (κ2) is 9.65. The van der Waals surface area contributed by atoms with Crippen LogP contribution in [0.25, 0.3) is 0 Å². The van der Waals surface area contributed by atoms with Crippen molar-refractivity contribution in [2.45, 2.75) is 20.5 Å². The van der Waals surface area contributed by atoms with Crippen molar-refractivity contribution in [3.05, 3.63) is 29.8 Å². The summed E-state index contributed by atoms with van der Waals surface area (Å²) in [5.41, 5.74) is 0.815. The second-order valence-electron chi connectivity index (χ2n) is 2.87. The molecule has 1 aromatic carbocycles. The zero-order chi connectivity index (χ0) is 14.0. The Bertz CT molecular complexity index is 342. The summed E-state index contributed by atoms with van der Waals surface area (Å²) < 4.78 is 9.78. The molecule has 0 unspecified atom stereocenters. The van der Waals surface area contributed by atoms with Gasteiger partial charge in [-0.3, -0.25) is 0 Å². The van der Waals surface area contributed by atoms with E-state index in [4.69, 9.17) is 19.3 Å². The zero-order valence-electron chi connectivity index (χ0n) is 10.7. The largest absolute Gasteiger partial charge is 0.678 e. The van der Waals surface area contributed by atoms with Gasteiger partial charge in [-0.2, -0.15) is 5.09 Å². The quantitative estimate of drug-likeness (QED) is 0.669. The first kappa shape index (κ1) is 16.6. The fourth-order valence-electron chi connectivity index (χ4n) is 0.994. The molecule has 1 rings (SSSR count). The lowest BCUT2D eigenvalue weighted by molar-refractivity contribution is 0.145. The highest BCUT2D eigenvalue weighted by molar-refractivity contribution is 7.43. The molecule has 1 aromatic rings. The van der Waals surface area contributed by atoms with E-state index in [0.29, 0.717) is 0 Å². The Kier molecular flexibility index (Phi) is 8.92. The van der Waals surface area contributed by atoms with Crippen molar-refractivity contribution in [2.24, 2.45) is 0 Å². The maximum atomic E-state index is 11.0. The van der Waals surface area contributed by atoms with Crippen molar-refractivity contribution >= 4 is 14.6 Å². The average Bonchev–Trinajstić information content (AvgIpc) is 2.38. The molecule has 6 nitrogen and oxygen atoms in total.